The molecule has 3 N–H and O–H groups in total. The second-order valence-corrected chi connectivity index (χ2v) is 4.28. The number of anilines is 1. The Morgan fingerprint density at radius 3 is 2.87 bits per heavy atom. The van der Waals surface area contributed by atoms with Crippen LogP contribution in [0.5, 0.6) is 0 Å². The summed E-state index contributed by atoms with van der Waals surface area (Å²) in [5.74, 6) is 0. The van der Waals surface area contributed by atoms with Crippen LogP contribution in [0.4, 0.5) is 5.69 Å². The fourth-order valence-corrected chi connectivity index (χ4v) is 1.07. The Bertz CT molecular complexity index is 371. The molecule has 0 spiro atoms. The average molecular weight is 228 g/mol. The molecule has 4 nitrogen and oxygen atoms in total. The van der Waals surface area contributed by atoms with Gasteiger partial charge in [-0.3, -0.25) is 4.99 Å². The lowest BCUT2D eigenvalue weighted by atomic mass is 10.1. The average Bonchev–Trinajstić information content (AvgIpc) is 2.09. The van der Waals surface area contributed by atoms with Gasteiger partial charge in [-0.15, -0.1) is 0 Å². The Morgan fingerprint density at radius 1 is 1.60 bits per heavy atom. The van der Waals surface area contributed by atoms with E-state index in [4.69, 9.17) is 17.3 Å². The van der Waals surface area contributed by atoms with Gasteiger partial charge in [-0.1, -0.05) is 11.6 Å². The van der Waals surface area contributed by atoms with Crippen LogP contribution in [0, 0.1) is 0 Å². The first-order valence-electron chi connectivity index (χ1n) is 4.53. The number of pyridine rings is 1. The van der Waals surface area contributed by atoms with Gasteiger partial charge in [-0.2, -0.15) is 0 Å². The summed E-state index contributed by atoms with van der Waals surface area (Å²) in [4.78, 5) is 8.04. The van der Waals surface area contributed by atoms with Crippen LogP contribution in [0.15, 0.2) is 17.1 Å². The van der Waals surface area contributed by atoms with Crippen LogP contribution in [-0.2, 0) is 0 Å². The number of halogens is 1. The number of aliphatic imine (C=N–C) groups is 1. The molecule has 0 saturated carbocycles. The molecule has 0 saturated heterocycles. The van der Waals surface area contributed by atoms with Gasteiger partial charge >= 0.3 is 0 Å². The fourth-order valence-electron chi connectivity index (χ4n) is 0.920. The maximum atomic E-state index is 9.43. The number of nitrogens with two attached hydrogens (primary N) is 1. The van der Waals surface area contributed by atoms with Crippen molar-refractivity contribution in [2.24, 2.45) is 4.99 Å². The van der Waals surface area contributed by atoms with Crippen LogP contribution >= 0.6 is 11.6 Å². The van der Waals surface area contributed by atoms with Crippen molar-refractivity contribution >= 4 is 23.5 Å². The number of rotatable bonds is 3. The van der Waals surface area contributed by atoms with Crippen LogP contribution in [-0.4, -0.2) is 28.5 Å². The Balaban J connectivity index is 2.76. The smallest absolute Gasteiger partial charge is 0.129 e. The molecule has 0 aliphatic heterocycles. The Hall–Kier alpha value is -1.13. The summed E-state index contributed by atoms with van der Waals surface area (Å²) in [7, 11) is 0. The predicted octanol–water partition coefficient (Wildman–Crippen LogP) is 1.51. The van der Waals surface area contributed by atoms with Gasteiger partial charge in [0.05, 0.1) is 17.8 Å². The molecule has 0 unspecified atom stereocenters. The van der Waals surface area contributed by atoms with Crippen molar-refractivity contribution in [2.45, 2.75) is 19.4 Å². The van der Waals surface area contributed by atoms with Crippen LogP contribution in [0.1, 0.15) is 19.5 Å². The molecule has 1 aromatic rings. The van der Waals surface area contributed by atoms with Crippen molar-refractivity contribution in [3.8, 4) is 0 Å². The first-order chi connectivity index (χ1) is 6.88. The molecule has 0 amide bonds. The Morgan fingerprint density at radius 2 is 2.27 bits per heavy atom. The van der Waals surface area contributed by atoms with Crippen LogP contribution in [0.25, 0.3) is 0 Å². The number of hydrogen-bond donors (Lipinski definition) is 2. The lowest BCUT2D eigenvalue weighted by Crippen LogP contribution is -2.22. The summed E-state index contributed by atoms with van der Waals surface area (Å²) in [6.45, 7) is 3.65. The van der Waals surface area contributed by atoms with Gasteiger partial charge in [0.15, 0.2) is 0 Å². The van der Waals surface area contributed by atoms with Crippen molar-refractivity contribution < 1.29 is 5.11 Å². The summed E-state index contributed by atoms with van der Waals surface area (Å²) in [5.41, 5.74) is 5.87. The van der Waals surface area contributed by atoms with E-state index in [0.29, 0.717) is 23.1 Å². The van der Waals surface area contributed by atoms with E-state index >= 15 is 0 Å². The van der Waals surface area contributed by atoms with Crippen LogP contribution in [0.2, 0.25) is 5.15 Å². The van der Waals surface area contributed by atoms with Gasteiger partial charge in [0.2, 0.25) is 0 Å². The molecule has 82 valence electrons. The summed E-state index contributed by atoms with van der Waals surface area (Å²) in [6, 6.07) is 3.28. The highest BCUT2D eigenvalue weighted by atomic mass is 35.5. The van der Waals surface area contributed by atoms with Crippen molar-refractivity contribution in [3.05, 3.63) is 23.0 Å². The molecule has 0 radical (unpaired) electrons. The van der Waals surface area contributed by atoms with E-state index in [1.165, 1.54) is 6.21 Å². The second kappa shape index (κ2) is 4.59. The number of aromatic nitrogens is 1. The first kappa shape index (κ1) is 11.9. The lowest BCUT2D eigenvalue weighted by Gasteiger charge is -2.12. The largest absolute Gasteiger partial charge is 0.397 e. The van der Waals surface area contributed by atoms with E-state index in [1.807, 2.05) is 0 Å². The molecule has 1 rings (SSSR count). The molecule has 15 heavy (non-hydrogen) atoms. The third-order valence-electron chi connectivity index (χ3n) is 1.62. The van der Waals surface area contributed by atoms with E-state index in [2.05, 4.69) is 9.98 Å². The minimum Gasteiger partial charge on any atom is -0.397 e. The zero-order chi connectivity index (χ0) is 11.5. The molecular formula is C10H14ClN3O. The molecule has 1 aromatic heterocycles. The topological polar surface area (TPSA) is 71.5 Å². The van der Waals surface area contributed by atoms with Gasteiger partial charge in [-0.25, -0.2) is 4.98 Å². The molecule has 0 aliphatic rings. The van der Waals surface area contributed by atoms with E-state index in [9.17, 15) is 5.11 Å². The van der Waals surface area contributed by atoms with Gasteiger partial charge in [0, 0.05) is 6.21 Å². The summed E-state index contributed by atoms with van der Waals surface area (Å²) in [5, 5.41) is 9.80. The van der Waals surface area contributed by atoms with Gasteiger partial charge < -0.3 is 10.8 Å². The molecule has 0 aliphatic carbocycles. The molecule has 0 fully saturated rings. The number of nitrogen functional groups attached to an aromatic ring is 1. The molecule has 0 atom stereocenters. The predicted molar refractivity (Wildman–Crippen MR) is 62.4 cm³/mol. The normalized spacial score (nSPS) is 12.3. The molecule has 0 aromatic carbocycles. The maximum absolute atomic E-state index is 9.43. The highest BCUT2D eigenvalue weighted by molar-refractivity contribution is 6.29. The van der Waals surface area contributed by atoms with Crippen molar-refractivity contribution in [3.63, 3.8) is 0 Å². The van der Waals surface area contributed by atoms with E-state index in [-0.39, 0.29) is 0 Å². The van der Waals surface area contributed by atoms with Gasteiger partial charge in [0.1, 0.15) is 10.8 Å². The summed E-state index contributed by atoms with van der Waals surface area (Å²) in [6.07, 6.45) is 1.51. The molecule has 1 heterocycles. The first-order valence-corrected chi connectivity index (χ1v) is 4.90. The lowest BCUT2D eigenvalue weighted by molar-refractivity contribution is 0.0906. The van der Waals surface area contributed by atoms with Crippen molar-refractivity contribution in [2.75, 3.05) is 12.3 Å². The zero-order valence-corrected chi connectivity index (χ0v) is 9.49. The number of hydrogen-bond acceptors (Lipinski definition) is 4. The zero-order valence-electron chi connectivity index (χ0n) is 8.74. The minimum absolute atomic E-state index is 0.292. The fraction of sp³-hybridized carbons (Fsp3) is 0.400. The standard InChI is InChI=1S/C10H14ClN3O/c1-10(2,15)6-13-5-8-7(12)3-4-9(11)14-8/h3-5,15H,6,12H2,1-2H3. The number of aliphatic hydroxyl groups is 1. The number of nitrogens with zero attached hydrogens (tertiary/aromatic N) is 2. The Labute approximate surface area is 93.8 Å². The third-order valence-corrected chi connectivity index (χ3v) is 1.83. The molecule has 0 bridgehead atoms. The van der Waals surface area contributed by atoms with Crippen LogP contribution in [0.3, 0.4) is 0 Å². The highest BCUT2D eigenvalue weighted by Gasteiger charge is 2.10. The highest BCUT2D eigenvalue weighted by Crippen LogP contribution is 2.11. The van der Waals surface area contributed by atoms with Gasteiger partial charge in [-0.05, 0) is 26.0 Å². The third kappa shape index (κ3) is 4.27. The van der Waals surface area contributed by atoms with Gasteiger partial charge in [0.25, 0.3) is 0 Å². The summed E-state index contributed by atoms with van der Waals surface area (Å²) < 4.78 is 0. The van der Waals surface area contributed by atoms with Crippen molar-refractivity contribution in [1.82, 2.24) is 4.98 Å². The SMILES string of the molecule is CC(C)(O)CN=Cc1nc(Cl)ccc1N. The maximum Gasteiger partial charge on any atom is 0.129 e. The second-order valence-electron chi connectivity index (χ2n) is 3.89. The van der Waals surface area contributed by atoms with Crippen molar-refractivity contribution in [1.29, 1.82) is 0 Å². The molecular weight excluding hydrogens is 214 g/mol. The monoisotopic (exact) mass is 227 g/mol. The van der Waals surface area contributed by atoms with Crippen LogP contribution < -0.4 is 5.73 Å². The van der Waals surface area contributed by atoms with E-state index in [0.717, 1.165) is 0 Å². The summed E-state index contributed by atoms with van der Waals surface area (Å²) >= 11 is 5.71. The van der Waals surface area contributed by atoms with E-state index < -0.39 is 5.60 Å². The minimum atomic E-state index is -0.830. The Kier molecular flexibility index (Phi) is 3.66. The molecule has 5 heteroatoms. The quantitative estimate of drug-likeness (QED) is 0.607. The van der Waals surface area contributed by atoms with E-state index in [1.54, 1.807) is 26.0 Å².